The zero-order chi connectivity index (χ0) is 13.8. The van der Waals surface area contributed by atoms with Crippen LogP contribution in [0.3, 0.4) is 0 Å². The lowest BCUT2D eigenvalue weighted by Crippen LogP contribution is -2.35. The SMILES string of the molecule is Fc1ccc(-c2cncc(NC3CCNCC3)n2)cc1. The van der Waals surface area contributed by atoms with Gasteiger partial charge in [-0.15, -0.1) is 0 Å². The third-order valence-electron chi connectivity index (χ3n) is 3.47. The average Bonchev–Trinajstić information content (AvgIpc) is 2.49. The Bertz CT molecular complexity index is 564. The van der Waals surface area contributed by atoms with Crippen molar-refractivity contribution in [3.63, 3.8) is 0 Å². The first kappa shape index (κ1) is 13.0. The summed E-state index contributed by atoms with van der Waals surface area (Å²) in [7, 11) is 0. The number of halogens is 1. The van der Waals surface area contributed by atoms with Gasteiger partial charge in [-0.3, -0.25) is 4.98 Å². The molecule has 1 aromatic heterocycles. The highest BCUT2D eigenvalue weighted by Gasteiger charge is 2.13. The molecule has 1 aromatic carbocycles. The molecule has 1 aliphatic rings. The van der Waals surface area contributed by atoms with Crippen LogP contribution in [0.5, 0.6) is 0 Å². The Morgan fingerprint density at radius 3 is 2.60 bits per heavy atom. The molecule has 2 N–H and O–H groups in total. The van der Waals surface area contributed by atoms with Crippen LogP contribution in [0.15, 0.2) is 36.7 Å². The Hall–Kier alpha value is -2.01. The minimum absolute atomic E-state index is 0.245. The fourth-order valence-corrected chi connectivity index (χ4v) is 2.37. The minimum atomic E-state index is -0.245. The van der Waals surface area contributed by atoms with Crippen LogP contribution in [0.4, 0.5) is 10.2 Å². The molecule has 0 saturated carbocycles. The summed E-state index contributed by atoms with van der Waals surface area (Å²) in [6.45, 7) is 2.06. The van der Waals surface area contributed by atoms with Crippen LogP contribution in [0.2, 0.25) is 0 Å². The van der Waals surface area contributed by atoms with Crippen molar-refractivity contribution < 1.29 is 4.39 Å². The standard InChI is InChI=1S/C15H17FN4/c16-12-3-1-11(2-4-12)14-9-18-10-15(20-14)19-13-5-7-17-8-6-13/h1-4,9-10,13,17H,5-8H2,(H,19,20). The fourth-order valence-electron chi connectivity index (χ4n) is 2.37. The molecule has 1 fully saturated rings. The van der Waals surface area contributed by atoms with Crippen LogP contribution in [0.25, 0.3) is 11.3 Å². The monoisotopic (exact) mass is 272 g/mol. The molecule has 0 spiro atoms. The van der Waals surface area contributed by atoms with E-state index in [-0.39, 0.29) is 5.82 Å². The van der Waals surface area contributed by atoms with E-state index in [1.165, 1.54) is 12.1 Å². The third-order valence-corrected chi connectivity index (χ3v) is 3.47. The first-order chi connectivity index (χ1) is 9.81. The number of piperidine rings is 1. The highest BCUT2D eigenvalue weighted by Crippen LogP contribution is 2.19. The van der Waals surface area contributed by atoms with Gasteiger partial charge in [-0.25, -0.2) is 9.37 Å². The molecule has 104 valence electrons. The van der Waals surface area contributed by atoms with Crippen LogP contribution in [-0.4, -0.2) is 29.1 Å². The molecular weight excluding hydrogens is 255 g/mol. The van der Waals surface area contributed by atoms with Gasteiger partial charge in [0.1, 0.15) is 11.6 Å². The number of benzene rings is 1. The van der Waals surface area contributed by atoms with Gasteiger partial charge >= 0.3 is 0 Å². The number of nitrogens with one attached hydrogen (secondary N) is 2. The largest absolute Gasteiger partial charge is 0.366 e. The van der Waals surface area contributed by atoms with Gasteiger partial charge in [0, 0.05) is 11.6 Å². The number of aromatic nitrogens is 2. The Kier molecular flexibility index (Phi) is 3.87. The molecule has 4 nitrogen and oxygen atoms in total. The molecule has 0 radical (unpaired) electrons. The molecule has 3 rings (SSSR count). The molecule has 1 aliphatic heterocycles. The summed E-state index contributed by atoms with van der Waals surface area (Å²) in [6, 6.07) is 6.74. The number of hydrogen-bond donors (Lipinski definition) is 2. The highest BCUT2D eigenvalue weighted by molar-refractivity contribution is 5.59. The maximum atomic E-state index is 12.9. The fraction of sp³-hybridized carbons (Fsp3) is 0.333. The van der Waals surface area contributed by atoms with Crippen LogP contribution in [0, 0.1) is 5.82 Å². The lowest BCUT2D eigenvalue weighted by atomic mass is 10.1. The quantitative estimate of drug-likeness (QED) is 0.901. The second-order valence-electron chi connectivity index (χ2n) is 4.97. The van der Waals surface area contributed by atoms with E-state index in [0.29, 0.717) is 6.04 Å². The van der Waals surface area contributed by atoms with Gasteiger partial charge in [-0.2, -0.15) is 0 Å². The van der Waals surface area contributed by atoms with E-state index in [2.05, 4.69) is 20.6 Å². The maximum absolute atomic E-state index is 12.9. The van der Waals surface area contributed by atoms with Crippen molar-refractivity contribution in [3.8, 4) is 11.3 Å². The van der Waals surface area contributed by atoms with E-state index in [1.54, 1.807) is 24.5 Å². The first-order valence-corrected chi connectivity index (χ1v) is 6.86. The van der Waals surface area contributed by atoms with Crippen molar-refractivity contribution >= 4 is 5.82 Å². The first-order valence-electron chi connectivity index (χ1n) is 6.86. The Morgan fingerprint density at radius 2 is 1.85 bits per heavy atom. The van der Waals surface area contributed by atoms with Crippen molar-refractivity contribution in [2.45, 2.75) is 18.9 Å². The summed E-state index contributed by atoms with van der Waals surface area (Å²) in [4.78, 5) is 8.76. The molecule has 0 atom stereocenters. The Morgan fingerprint density at radius 1 is 1.10 bits per heavy atom. The van der Waals surface area contributed by atoms with E-state index >= 15 is 0 Å². The van der Waals surface area contributed by atoms with Crippen molar-refractivity contribution in [1.29, 1.82) is 0 Å². The lowest BCUT2D eigenvalue weighted by molar-refractivity contribution is 0.478. The van der Waals surface area contributed by atoms with Gasteiger partial charge < -0.3 is 10.6 Å². The topological polar surface area (TPSA) is 49.8 Å². The maximum Gasteiger partial charge on any atom is 0.145 e. The van der Waals surface area contributed by atoms with Gasteiger partial charge in [0.25, 0.3) is 0 Å². The summed E-state index contributed by atoms with van der Waals surface area (Å²) >= 11 is 0. The average molecular weight is 272 g/mol. The van der Waals surface area contributed by atoms with E-state index in [0.717, 1.165) is 43.0 Å². The third kappa shape index (κ3) is 3.11. The number of nitrogens with zero attached hydrogens (tertiary/aromatic N) is 2. The van der Waals surface area contributed by atoms with Crippen molar-refractivity contribution in [1.82, 2.24) is 15.3 Å². The van der Waals surface area contributed by atoms with E-state index in [4.69, 9.17) is 0 Å². The summed E-state index contributed by atoms with van der Waals surface area (Å²) < 4.78 is 12.9. The van der Waals surface area contributed by atoms with Crippen LogP contribution in [-0.2, 0) is 0 Å². The normalized spacial score (nSPS) is 16.1. The van der Waals surface area contributed by atoms with Crippen molar-refractivity contribution in [2.24, 2.45) is 0 Å². The van der Waals surface area contributed by atoms with E-state index in [9.17, 15) is 4.39 Å². The van der Waals surface area contributed by atoms with E-state index < -0.39 is 0 Å². The number of anilines is 1. The summed E-state index contributed by atoms with van der Waals surface area (Å²) in [5.41, 5.74) is 1.62. The smallest absolute Gasteiger partial charge is 0.145 e. The second-order valence-corrected chi connectivity index (χ2v) is 4.97. The summed E-state index contributed by atoms with van der Waals surface area (Å²) in [5.74, 6) is 0.532. The molecular formula is C15H17FN4. The van der Waals surface area contributed by atoms with Gasteiger partial charge in [0.05, 0.1) is 18.1 Å². The van der Waals surface area contributed by atoms with Crippen LogP contribution in [0.1, 0.15) is 12.8 Å². The van der Waals surface area contributed by atoms with Crippen LogP contribution < -0.4 is 10.6 Å². The molecule has 0 bridgehead atoms. The second kappa shape index (κ2) is 5.96. The molecule has 2 heterocycles. The molecule has 0 amide bonds. The Labute approximate surface area is 117 Å². The molecule has 20 heavy (non-hydrogen) atoms. The highest BCUT2D eigenvalue weighted by atomic mass is 19.1. The zero-order valence-corrected chi connectivity index (χ0v) is 11.1. The van der Waals surface area contributed by atoms with Crippen molar-refractivity contribution in [3.05, 3.63) is 42.5 Å². The molecule has 2 aromatic rings. The number of hydrogen-bond acceptors (Lipinski definition) is 4. The lowest BCUT2D eigenvalue weighted by Gasteiger charge is -2.24. The molecule has 0 aliphatic carbocycles. The van der Waals surface area contributed by atoms with E-state index in [1.807, 2.05) is 0 Å². The molecule has 0 unspecified atom stereocenters. The minimum Gasteiger partial charge on any atom is -0.366 e. The predicted molar refractivity (Wildman–Crippen MR) is 76.9 cm³/mol. The van der Waals surface area contributed by atoms with Gasteiger partial charge in [0.2, 0.25) is 0 Å². The zero-order valence-electron chi connectivity index (χ0n) is 11.1. The number of rotatable bonds is 3. The molecule has 5 heteroatoms. The molecule has 1 saturated heterocycles. The van der Waals surface area contributed by atoms with Gasteiger partial charge in [0.15, 0.2) is 0 Å². The predicted octanol–water partition coefficient (Wildman–Crippen LogP) is 2.45. The van der Waals surface area contributed by atoms with Gasteiger partial charge in [-0.1, -0.05) is 0 Å². The summed E-state index contributed by atoms with van der Waals surface area (Å²) in [6.07, 6.45) is 5.60. The Balaban J connectivity index is 1.76. The van der Waals surface area contributed by atoms with Crippen molar-refractivity contribution in [2.75, 3.05) is 18.4 Å². The summed E-state index contributed by atoms with van der Waals surface area (Å²) in [5, 5.41) is 6.75. The van der Waals surface area contributed by atoms with Gasteiger partial charge in [-0.05, 0) is 50.2 Å². The van der Waals surface area contributed by atoms with Crippen LogP contribution >= 0.6 is 0 Å².